The Balaban J connectivity index is 1.60. The molecule has 1 saturated heterocycles. The van der Waals surface area contributed by atoms with Crippen molar-refractivity contribution in [2.45, 2.75) is 32.6 Å². The highest BCUT2D eigenvalue weighted by Crippen LogP contribution is 2.24. The number of benzene rings is 1. The van der Waals surface area contributed by atoms with Gasteiger partial charge in [0.2, 0.25) is 0 Å². The number of carbonyl (C=O) groups excluding carboxylic acids is 1. The molecule has 1 unspecified atom stereocenters. The number of aryl methyl sites for hydroxylation is 1. The molecule has 3 rings (SSSR count). The summed E-state index contributed by atoms with van der Waals surface area (Å²) < 4.78 is 26.6. The molecule has 0 spiro atoms. The summed E-state index contributed by atoms with van der Waals surface area (Å²) in [7, 11) is 0. The summed E-state index contributed by atoms with van der Waals surface area (Å²) in [5.41, 5.74) is 1.16. The average Bonchev–Trinajstić information content (AvgIpc) is 3.15. The first-order chi connectivity index (χ1) is 11.5. The van der Waals surface area contributed by atoms with Gasteiger partial charge < -0.3 is 4.90 Å². The molecule has 0 aliphatic carbocycles. The van der Waals surface area contributed by atoms with E-state index >= 15 is 0 Å². The minimum absolute atomic E-state index is 0.0403. The molecule has 0 bridgehead atoms. The lowest BCUT2D eigenvalue weighted by Crippen LogP contribution is -2.29. The molecule has 128 valence electrons. The standard InChI is InChI=1S/C18H20F2N2OS/c1-2-3-17-21-16(11-24-17)18(23)22-5-4-12(10-22)6-13-7-14(19)9-15(20)8-13/h7-9,11-12H,2-6,10H2,1H3. The van der Waals surface area contributed by atoms with Gasteiger partial charge >= 0.3 is 0 Å². The number of amides is 1. The van der Waals surface area contributed by atoms with E-state index in [0.29, 0.717) is 30.8 Å². The third-order valence-electron chi connectivity index (χ3n) is 4.25. The van der Waals surface area contributed by atoms with Crippen molar-refractivity contribution in [2.75, 3.05) is 13.1 Å². The Morgan fingerprint density at radius 2 is 2.08 bits per heavy atom. The van der Waals surface area contributed by atoms with Crippen LogP contribution in [0, 0.1) is 17.6 Å². The molecule has 1 amide bonds. The number of nitrogens with zero attached hydrogens (tertiary/aromatic N) is 2. The molecule has 2 heterocycles. The molecular formula is C18H20F2N2OS. The maximum Gasteiger partial charge on any atom is 0.273 e. The molecule has 1 aromatic heterocycles. The van der Waals surface area contributed by atoms with E-state index in [0.717, 1.165) is 30.3 Å². The molecule has 1 atom stereocenters. The Kier molecular flexibility index (Phi) is 5.23. The van der Waals surface area contributed by atoms with E-state index < -0.39 is 11.6 Å². The summed E-state index contributed by atoms with van der Waals surface area (Å²) >= 11 is 1.53. The molecule has 24 heavy (non-hydrogen) atoms. The molecule has 1 aliphatic heterocycles. The van der Waals surface area contributed by atoms with Gasteiger partial charge in [-0.3, -0.25) is 4.79 Å². The highest BCUT2D eigenvalue weighted by molar-refractivity contribution is 7.09. The zero-order chi connectivity index (χ0) is 17.1. The van der Waals surface area contributed by atoms with Crippen molar-refractivity contribution >= 4 is 17.2 Å². The number of thiazole rings is 1. The second-order valence-electron chi connectivity index (χ2n) is 6.26. The van der Waals surface area contributed by atoms with Crippen LogP contribution in [0.3, 0.4) is 0 Å². The largest absolute Gasteiger partial charge is 0.337 e. The minimum atomic E-state index is -0.554. The van der Waals surface area contributed by atoms with Crippen molar-refractivity contribution in [3.63, 3.8) is 0 Å². The number of likely N-dealkylation sites (tertiary alicyclic amines) is 1. The Labute approximate surface area is 144 Å². The van der Waals surface area contributed by atoms with Crippen molar-refractivity contribution in [3.8, 4) is 0 Å². The summed E-state index contributed by atoms with van der Waals surface area (Å²) in [6, 6.07) is 3.61. The SMILES string of the molecule is CCCc1nc(C(=O)N2CCC(Cc3cc(F)cc(F)c3)C2)cs1. The highest BCUT2D eigenvalue weighted by atomic mass is 32.1. The van der Waals surface area contributed by atoms with Crippen molar-refractivity contribution in [1.82, 2.24) is 9.88 Å². The molecule has 3 nitrogen and oxygen atoms in total. The number of rotatable bonds is 5. The first-order valence-corrected chi connectivity index (χ1v) is 9.11. The fraction of sp³-hybridized carbons (Fsp3) is 0.444. The fourth-order valence-corrected chi connectivity index (χ4v) is 4.02. The van der Waals surface area contributed by atoms with Crippen LogP contribution in [-0.2, 0) is 12.8 Å². The van der Waals surface area contributed by atoms with Gasteiger partial charge in [0.25, 0.3) is 5.91 Å². The predicted molar refractivity (Wildman–Crippen MR) is 90.2 cm³/mol. The second kappa shape index (κ2) is 7.38. The topological polar surface area (TPSA) is 33.2 Å². The first-order valence-electron chi connectivity index (χ1n) is 8.23. The monoisotopic (exact) mass is 350 g/mol. The summed E-state index contributed by atoms with van der Waals surface area (Å²) in [6.45, 7) is 3.36. The summed E-state index contributed by atoms with van der Waals surface area (Å²) in [6.07, 6.45) is 3.33. The van der Waals surface area contributed by atoms with Crippen LogP contribution in [0.4, 0.5) is 8.78 Å². The van der Waals surface area contributed by atoms with E-state index in [2.05, 4.69) is 11.9 Å². The van der Waals surface area contributed by atoms with Gasteiger partial charge in [0.15, 0.2) is 0 Å². The summed E-state index contributed by atoms with van der Waals surface area (Å²) in [4.78, 5) is 18.7. The number of hydrogen-bond acceptors (Lipinski definition) is 3. The van der Waals surface area contributed by atoms with Gasteiger partial charge in [0.1, 0.15) is 17.3 Å². The zero-order valence-corrected chi connectivity index (χ0v) is 14.4. The Hall–Kier alpha value is -1.82. The lowest BCUT2D eigenvalue weighted by molar-refractivity contribution is 0.0782. The molecule has 2 aromatic rings. The van der Waals surface area contributed by atoms with Crippen LogP contribution in [0.2, 0.25) is 0 Å². The number of hydrogen-bond donors (Lipinski definition) is 0. The molecule has 6 heteroatoms. The Bertz CT molecular complexity index is 711. The lowest BCUT2D eigenvalue weighted by atomic mass is 9.98. The molecule has 0 radical (unpaired) electrons. The van der Waals surface area contributed by atoms with Crippen LogP contribution < -0.4 is 0 Å². The average molecular weight is 350 g/mol. The van der Waals surface area contributed by atoms with Crippen molar-refractivity contribution in [2.24, 2.45) is 5.92 Å². The summed E-state index contributed by atoms with van der Waals surface area (Å²) in [5.74, 6) is -0.922. The highest BCUT2D eigenvalue weighted by Gasteiger charge is 2.28. The third-order valence-corrected chi connectivity index (χ3v) is 5.16. The molecule has 1 fully saturated rings. The molecule has 0 N–H and O–H groups in total. The molecule has 1 aromatic carbocycles. The van der Waals surface area contributed by atoms with E-state index in [1.807, 2.05) is 5.38 Å². The lowest BCUT2D eigenvalue weighted by Gasteiger charge is -2.15. The van der Waals surface area contributed by atoms with Crippen molar-refractivity contribution < 1.29 is 13.6 Å². The smallest absolute Gasteiger partial charge is 0.273 e. The van der Waals surface area contributed by atoms with Gasteiger partial charge in [-0.05, 0) is 49.3 Å². The van der Waals surface area contributed by atoms with Gasteiger partial charge in [0, 0.05) is 24.5 Å². The van der Waals surface area contributed by atoms with Crippen LogP contribution in [0.1, 0.15) is 40.8 Å². The van der Waals surface area contributed by atoms with Gasteiger partial charge in [-0.1, -0.05) is 6.92 Å². The van der Waals surface area contributed by atoms with Crippen molar-refractivity contribution in [1.29, 1.82) is 0 Å². The van der Waals surface area contributed by atoms with Crippen LogP contribution in [0.25, 0.3) is 0 Å². The Morgan fingerprint density at radius 3 is 2.79 bits per heavy atom. The normalized spacial score (nSPS) is 17.5. The van der Waals surface area contributed by atoms with Crippen LogP contribution in [0.5, 0.6) is 0 Å². The molecular weight excluding hydrogens is 330 g/mol. The van der Waals surface area contributed by atoms with Crippen LogP contribution in [-0.4, -0.2) is 28.9 Å². The number of aromatic nitrogens is 1. The van der Waals surface area contributed by atoms with Crippen molar-refractivity contribution in [3.05, 3.63) is 51.5 Å². The first kappa shape index (κ1) is 17.0. The van der Waals surface area contributed by atoms with E-state index in [-0.39, 0.29) is 11.8 Å². The predicted octanol–water partition coefficient (Wildman–Crippen LogP) is 4.08. The van der Waals surface area contributed by atoms with Gasteiger partial charge in [-0.2, -0.15) is 0 Å². The minimum Gasteiger partial charge on any atom is -0.337 e. The second-order valence-corrected chi connectivity index (χ2v) is 7.21. The van der Waals surface area contributed by atoms with E-state index in [1.54, 1.807) is 4.90 Å². The maximum absolute atomic E-state index is 13.3. The molecule has 0 saturated carbocycles. The molecule has 1 aliphatic rings. The van der Waals surface area contributed by atoms with Gasteiger partial charge in [-0.15, -0.1) is 11.3 Å². The van der Waals surface area contributed by atoms with E-state index in [1.165, 1.54) is 23.5 Å². The zero-order valence-electron chi connectivity index (χ0n) is 13.6. The van der Waals surface area contributed by atoms with Crippen LogP contribution >= 0.6 is 11.3 Å². The number of halogens is 2. The maximum atomic E-state index is 13.3. The third kappa shape index (κ3) is 3.98. The van der Waals surface area contributed by atoms with Gasteiger partial charge in [-0.25, -0.2) is 13.8 Å². The van der Waals surface area contributed by atoms with Crippen LogP contribution in [0.15, 0.2) is 23.6 Å². The van der Waals surface area contributed by atoms with E-state index in [9.17, 15) is 13.6 Å². The number of carbonyl (C=O) groups is 1. The van der Waals surface area contributed by atoms with E-state index in [4.69, 9.17) is 0 Å². The Morgan fingerprint density at radius 1 is 1.33 bits per heavy atom. The van der Waals surface area contributed by atoms with Gasteiger partial charge in [0.05, 0.1) is 5.01 Å². The summed E-state index contributed by atoms with van der Waals surface area (Å²) in [5, 5.41) is 2.81. The quantitative estimate of drug-likeness (QED) is 0.814. The fourth-order valence-electron chi connectivity index (χ4n) is 3.15.